The van der Waals surface area contributed by atoms with Gasteiger partial charge in [0.1, 0.15) is 0 Å². The van der Waals surface area contributed by atoms with Crippen LogP contribution < -0.4 is 0 Å². The molecule has 0 heterocycles. The number of carbonyl (C=O) groups excluding carboxylic acids is 1. The van der Waals surface area contributed by atoms with Crippen molar-refractivity contribution in [1.29, 1.82) is 0 Å². The predicted octanol–water partition coefficient (Wildman–Crippen LogP) is 2.51. The van der Waals surface area contributed by atoms with Crippen LogP contribution in [-0.2, 0) is 19.1 Å². The van der Waals surface area contributed by atoms with Crippen LogP contribution in [0.15, 0.2) is 9.35 Å². The number of esters is 1. The molecule has 1 N–H and O–H groups in total. The summed E-state index contributed by atoms with van der Waals surface area (Å²) in [7, 11) is 2.57. The number of carboxylic acids is 1. The number of ether oxygens (including phenoxy) is 2. The van der Waals surface area contributed by atoms with Crippen molar-refractivity contribution in [2.75, 3.05) is 14.2 Å². The number of methoxy groups -OCH3 is 2. The standard InChI is InChI=1S/C6H7O5.2C4H9.Sn.H/c1-10-4(3-5(7)8)6(9)11-2;2*1-3-4-2;;/h1-2H3,(H,7,8);2*1,3-4H2,2H3;;. The number of carboxylic acid groups (broad SMARTS) is 1. The number of unbranched alkanes of at least 4 members (excludes halogenated alkanes) is 2. The van der Waals surface area contributed by atoms with Crippen LogP contribution >= 0.6 is 0 Å². The number of carbonyl (C=O) groups is 2. The van der Waals surface area contributed by atoms with Crippen molar-refractivity contribution in [2.24, 2.45) is 0 Å². The summed E-state index contributed by atoms with van der Waals surface area (Å²) in [5.74, 6) is -1.78. The number of rotatable bonds is 10. The van der Waals surface area contributed by atoms with Gasteiger partial charge in [0.2, 0.25) is 0 Å². The van der Waals surface area contributed by atoms with Crippen molar-refractivity contribution in [1.82, 2.24) is 0 Å². The molecular weight excluding hydrogens is 367 g/mol. The van der Waals surface area contributed by atoms with E-state index in [9.17, 15) is 14.7 Å². The summed E-state index contributed by atoms with van der Waals surface area (Å²) in [6.07, 6.45) is 4.10. The fraction of sp³-hybridized carbons (Fsp3) is 0.714. The van der Waals surface area contributed by atoms with Gasteiger partial charge < -0.3 is 0 Å². The molecule has 0 aliphatic rings. The van der Waals surface area contributed by atoms with E-state index in [1.165, 1.54) is 14.2 Å². The number of hydrogen-bond acceptors (Lipinski definition) is 4. The first-order chi connectivity index (χ1) is 9.53. The summed E-state index contributed by atoms with van der Waals surface area (Å²) < 4.78 is 11.8. The van der Waals surface area contributed by atoms with Gasteiger partial charge in [-0.25, -0.2) is 0 Å². The van der Waals surface area contributed by atoms with Gasteiger partial charge >= 0.3 is 128 Å². The monoisotopic (exact) mass is 394 g/mol. The van der Waals surface area contributed by atoms with Crippen molar-refractivity contribution in [3.05, 3.63) is 9.35 Å². The zero-order valence-corrected chi connectivity index (χ0v) is 16.2. The van der Waals surface area contributed by atoms with Crippen LogP contribution in [0.3, 0.4) is 0 Å². The third-order valence-corrected chi connectivity index (χ3v) is 13.4. The van der Waals surface area contributed by atoms with E-state index in [4.69, 9.17) is 4.74 Å². The second kappa shape index (κ2) is 11.0. The van der Waals surface area contributed by atoms with Gasteiger partial charge in [-0.05, 0) is 0 Å². The van der Waals surface area contributed by atoms with Gasteiger partial charge in [-0.1, -0.05) is 0 Å². The van der Waals surface area contributed by atoms with Crippen molar-refractivity contribution >= 4 is 31.7 Å². The van der Waals surface area contributed by atoms with E-state index in [2.05, 4.69) is 18.6 Å². The Balaban J connectivity index is 5.47. The van der Waals surface area contributed by atoms with Crippen molar-refractivity contribution in [3.8, 4) is 0 Å². The molecule has 0 atom stereocenters. The van der Waals surface area contributed by atoms with Crippen LogP contribution in [0.25, 0.3) is 0 Å². The normalized spacial score (nSPS) is 12.1. The van der Waals surface area contributed by atoms with Crippen molar-refractivity contribution in [3.63, 3.8) is 0 Å². The molecule has 116 valence electrons. The van der Waals surface area contributed by atoms with Crippen molar-refractivity contribution < 1.29 is 24.2 Å². The summed E-state index contributed by atoms with van der Waals surface area (Å²) >= 11 is -2.53. The Bertz CT molecular complexity index is 343. The van der Waals surface area contributed by atoms with Gasteiger partial charge in [0.05, 0.1) is 0 Å². The van der Waals surface area contributed by atoms with Crippen LogP contribution in [0.1, 0.15) is 39.5 Å². The summed E-state index contributed by atoms with van der Waals surface area (Å²) in [5.41, 5.74) is 0. The van der Waals surface area contributed by atoms with Gasteiger partial charge in [0.15, 0.2) is 0 Å². The van der Waals surface area contributed by atoms with E-state index in [1.807, 2.05) is 0 Å². The molecule has 0 fully saturated rings. The van der Waals surface area contributed by atoms with Crippen LogP contribution in [0.4, 0.5) is 0 Å². The number of hydrogen-bond donors (Lipinski definition) is 1. The molecule has 0 radical (unpaired) electrons. The van der Waals surface area contributed by atoms with E-state index < -0.39 is 31.7 Å². The third-order valence-electron chi connectivity index (χ3n) is 3.27. The molecule has 0 rings (SSSR count). The SMILES string of the molecule is CCC[CH2][SnH]([CH2]CCC)/[C](C(=O)O)=C(\OC)C(=O)OC. The average molecular weight is 393 g/mol. The molecule has 0 bridgehead atoms. The zero-order chi connectivity index (χ0) is 15.5. The second-order valence-corrected chi connectivity index (χ2v) is 13.6. The molecule has 0 aromatic carbocycles. The van der Waals surface area contributed by atoms with E-state index in [-0.39, 0.29) is 9.35 Å². The molecule has 20 heavy (non-hydrogen) atoms. The first-order valence-corrected chi connectivity index (χ1v) is 13.4. The molecule has 0 saturated carbocycles. The molecule has 0 aliphatic carbocycles. The second-order valence-electron chi connectivity index (χ2n) is 4.73. The van der Waals surface area contributed by atoms with Gasteiger partial charge in [0.25, 0.3) is 0 Å². The van der Waals surface area contributed by atoms with E-state index in [1.54, 1.807) is 0 Å². The van der Waals surface area contributed by atoms with Crippen LogP contribution in [0, 0.1) is 0 Å². The fourth-order valence-corrected chi connectivity index (χ4v) is 12.5. The van der Waals surface area contributed by atoms with Crippen LogP contribution in [0.2, 0.25) is 8.87 Å². The van der Waals surface area contributed by atoms with Crippen LogP contribution in [-0.4, -0.2) is 51.0 Å². The van der Waals surface area contributed by atoms with Crippen molar-refractivity contribution in [2.45, 2.75) is 48.4 Å². The molecule has 0 aliphatic heterocycles. The fourth-order valence-electron chi connectivity index (χ4n) is 2.19. The molecule has 0 spiro atoms. The summed E-state index contributed by atoms with van der Waals surface area (Å²) in [4.78, 5) is 23.3. The molecule has 0 aromatic rings. The third kappa shape index (κ3) is 6.15. The maximum atomic E-state index is 11.7. The van der Waals surface area contributed by atoms with E-state index in [0.29, 0.717) is 0 Å². The Labute approximate surface area is 128 Å². The Kier molecular flexibility index (Phi) is 10.6. The van der Waals surface area contributed by atoms with Gasteiger partial charge in [-0.3, -0.25) is 0 Å². The van der Waals surface area contributed by atoms with E-state index >= 15 is 0 Å². The minimum atomic E-state index is -2.53. The molecule has 0 amide bonds. The zero-order valence-electron chi connectivity index (χ0n) is 12.9. The van der Waals surface area contributed by atoms with Gasteiger partial charge in [-0.2, -0.15) is 0 Å². The Hall–Kier alpha value is -0.721. The van der Waals surface area contributed by atoms with E-state index in [0.717, 1.165) is 34.6 Å². The molecular formula is C14H26O5Sn. The summed E-state index contributed by atoms with van der Waals surface area (Å²) in [5, 5.41) is 9.50. The summed E-state index contributed by atoms with van der Waals surface area (Å²) in [6, 6.07) is 0. The Morgan fingerprint density at radius 2 is 1.50 bits per heavy atom. The predicted molar refractivity (Wildman–Crippen MR) is 80.3 cm³/mol. The Morgan fingerprint density at radius 1 is 1.00 bits per heavy atom. The molecule has 0 aromatic heterocycles. The Morgan fingerprint density at radius 3 is 1.80 bits per heavy atom. The first-order valence-electron chi connectivity index (χ1n) is 7.13. The molecule has 0 saturated heterocycles. The molecule has 0 unspecified atom stereocenters. The first kappa shape index (κ1) is 19.3. The average Bonchev–Trinajstić information content (AvgIpc) is 2.44. The molecule has 5 nitrogen and oxygen atoms in total. The number of aliphatic carboxylic acids is 1. The van der Waals surface area contributed by atoms with Gasteiger partial charge in [-0.15, -0.1) is 0 Å². The maximum absolute atomic E-state index is 11.7. The summed E-state index contributed by atoms with van der Waals surface area (Å²) in [6.45, 7) is 4.18. The molecule has 6 heteroatoms. The van der Waals surface area contributed by atoms with Gasteiger partial charge in [0, 0.05) is 0 Å². The topological polar surface area (TPSA) is 72.8 Å². The van der Waals surface area contributed by atoms with Crippen LogP contribution in [0.5, 0.6) is 0 Å². The minimum absolute atomic E-state index is 0.0898. The quantitative estimate of drug-likeness (QED) is 0.267.